The Kier molecular flexibility index (Phi) is 11.4. The van der Waals surface area contributed by atoms with E-state index in [2.05, 4.69) is 128 Å². The minimum absolute atomic E-state index is 0. The van der Waals surface area contributed by atoms with Gasteiger partial charge in [-0.1, -0.05) is 104 Å². The van der Waals surface area contributed by atoms with Crippen LogP contribution in [0.1, 0.15) is 23.6 Å². The van der Waals surface area contributed by atoms with Crippen molar-refractivity contribution in [3.63, 3.8) is 0 Å². The van der Waals surface area contributed by atoms with Gasteiger partial charge < -0.3 is 37.2 Å². The summed E-state index contributed by atoms with van der Waals surface area (Å²) < 4.78 is 0. The van der Waals surface area contributed by atoms with E-state index in [1.807, 2.05) is 0 Å². The zero-order valence-electron chi connectivity index (χ0n) is 18.2. The molecule has 0 saturated carbocycles. The molecule has 0 amide bonds. The van der Waals surface area contributed by atoms with Crippen LogP contribution in [-0.2, 0) is 21.7 Å². The van der Waals surface area contributed by atoms with E-state index in [4.69, 9.17) is 0 Å². The molecule has 0 aliphatic heterocycles. The third-order valence-electron chi connectivity index (χ3n) is 6.16. The van der Waals surface area contributed by atoms with Gasteiger partial charge in [0.1, 0.15) is 8.07 Å². The summed E-state index contributed by atoms with van der Waals surface area (Å²) in [5.41, 5.74) is 4.32. The molecular weight excluding hydrogens is 519 g/mol. The fourth-order valence-electron chi connectivity index (χ4n) is 5.04. The van der Waals surface area contributed by atoms with Gasteiger partial charge in [-0.3, -0.25) is 0 Å². The number of rotatable bonds is 4. The predicted molar refractivity (Wildman–Crippen MR) is 125 cm³/mol. The summed E-state index contributed by atoms with van der Waals surface area (Å²) in [5.74, 6) is 0. The second-order valence-electron chi connectivity index (χ2n) is 7.73. The first-order valence-corrected chi connectivity index (χ1v) is 12.3. The predicted octanol–water partition coefficient (Wildman–Crippen LogP) is -4.40. The summed E-state index contributed by atoms with van der Waals surface area (Å²) in [6, 6.07) is 42.3. The van der Waals surface area contributed by atoms with E-state index in [9.17, 15) is 0 Å². The van der Waals surface area contributed by atoms with Gasteiger partial charge in [-0.2, -0.15) is 17.7 Å². The topological polar surface area (TPSA) is 0 Å². The summed E-state index contributed by atoms with van der Waals surface area (Å²) in [4.78, 5) is 0. The first-order chi connectivity index (χ1) is 14.3. The molecule has 0 saturated heterocycles. The normalized spacial score (nSPS) is 13.7. The molecule has 164 valence electrons. The molecule has 0 fully saturated rings. The Morgan fingerprint density at radius 3 is 1.33 bits per heavy atom. The Bertz CT molecular complexity index is 1070. The first kappa shape index (κ1) is 29.5. The Morgan fingerprint density at radius 2 is 0.909 bits per heavy atom. The van der Waals surface area contributed by atoms with Crippen LogP contribution in [0.5, 0.6) is 0 Å². The quantitative estimate of drug-likeness (QED) is 0.139. The van der Waals surface area contributed by atoms with Crippen molar-refractivity contribution in [2.75, 3.05) is 0 Å². The molecule has 1 aliphatic carbocycles. The van der Waals surface area contributed by atoms with Crippen LogP contribution < -0.4 is 52.8 Å². The van der Waals surface area contributed by atoms with Crippen LogP contribution in [0.25, 0.3) is 0 Å². The molecule has 4 aromatic rings. The molecule has 0 heterocycles. The van der Waals surface area contributed by atoms with Crippen molar-refractivity contribution in [2.45, 2.75) is 12.5 Å². The second-order valence-corrected chi connectivity index (χ2v) is 11.7. The van der Waals surface area contributed by atoms with Gasteiger partial charge in [0.05, 0.1) is 0 Å². The van der Waals surface area contributed by atoms with Gasteiger partial charge in [0.25, 0.3) is 0 Å². The van der Waals surface area contributed by atoms with Gasteiger partial charge >= 0.3 is 21.7 Å². The van der Waals surface area contributed by atoms with Crippen LogP contribution in [0, 0.1) is 6.08 Å². The maximum Gasteiger partial charge on any atom is 4.00 e. The molecule has 0 bridgehead atoms. The molecule has 0 radical (unpaired) electrons. The second kappa shape index (κ2) is 12.8. The van der Waals surface area contributed by atoms with E-state index >= 15 is 0 Å². The maximum atomic E-state index is 3.71. The average molecular weight is 542 g/mol. The number of fused-ring (bicyclic) bond motifs is 1. The third-order valence-corrected chi connectivity index (χ3v) is 11.5. The van der Waals surface area contributed by atoms with Crippen LogP contribution in [0.4, 0.5) is 0 Å². The van der Waals surface area contributed by atoms with Crippen LogP contribution in [0.2, 0.25) is 0 Å². The van der Waals surface area contributed by atoms with Crippen LogP contribution in [-0.4, -0.2) is 8.07 Å². The molecule has 1 unspecified atom stereocenters. The Hall–Kier alpha value is -1.58. The van der Waals surface area contributed by atoms with Crippen molar-refractivity contribution in [3.8, 4) is 0 Å². The molecule has 0 spiro atoms. The van der Waals surface area contributed by atoms with Crippen LogP contribution in [0.3, 0.4) is 0 Å². The summed E-state index contributed by atoms with van der Waals surface area (Å²) in [6.07, 6.45) is 3.71. The van der Waals surface area contributed by atoms with E-state index in [1.54, 1.807) is 0 Å². The molecule has 4 aromatic carbocycles. The van der Waals surface area contributed by atoms with E-state index in [1.165, 1.54) is 32.3 Å². The monoisotopic (exact) mass is 540 g/mol. The number of allylic oxidation sites excluding steroid dienone is 1. The van der Waals surface area contributed by atoms with Crippen LogP contribution in [0.15, 0.2) is 121 Å². The fraction of sp³-hybridized carbons (Fsp3) is 0.0714. The average Bonchev–Trinajstić information content (AvgIpc) is 3.13. The molecule has 0 N–H and O–H groups in total. The minimum Gasteiger partial charge on any atom is -1.00 e. The van der Waals surface area contributed by atoms with Crippen molar-refractivity contribution in [3.05, 3.63) is 138 Å². The fourth-order valence-corrected chi connectivity index (χ4v) is 10.6. The number of benzene rings is 4. The van der Waals surface area contributed by atoms with Gasteiger partial charge in [0, 0.05) is 0 Å². The summed E-state index contributed by atoms with van der Waals surface area (Å²) in [7, 11) is -2.40. The van der Waals surface area contributed by atoms with Crippen molar-refractivity contribution < 1.29 is 58.9 Å². The van der Waals surface area contributed by atoms with Gasteiger partial charge in [0.2, 0.25) is 0 Å². The molecule has 1 atom stereocenters. The number of hydrogen-bond acceptors (Lipinski definition) is 0. The largest absolute Gasteiger partial charge is 4.00 e. The zero-order chi connectivity index (χ0) is 19.7. The van der Waals surface area contributed by atoms with Crippen LogP contribution >= 0.6 is 0 Å². The summed E-state index contributed by atoms with van der Waals surface area (Å²) >= 11 is 0. The number of halogens is 3. The van der Waals surface area contributed by atoms with E-state index in [-0.39, 0.29) is 58.9 Å². The molecule has 33 heavy (non-hydrogen) atoms. The molecule has 5 heteroatoms. The molecule has 0 nitrogen and oxygen atoms in total. The third kappa shape index (κ3) is 5.10. The molecule has 0 aromatic heterocycles. The van der Waals surface area contributed by atoms with Crippen molar-refractivity contribution in [1.29, 1.82) is 0 Å². The van der Waals surface area contributed by atoms with Gasteiger partial charge in [-0.05, 0) is 21.1 Å². The standard InChI is InChI=1S/C28H23Si.3ClH.Ti/c1-22-21-23-13-11-12-20-27(23)28(22)29(24-14-5-2-6-15-24,25-16-7-3-8-17-25)26-18-9-4-10-19-26;;;;/h2-20,28H,1H3;3*1H;/q-1;;;;+4/p-3. The smallest absolute Gasteiger partial charge is 1.00 e. The molecular formula is C28H23Cl3SiTi. The van der Waals surface area contributed by atoms with Crippen molar-refractivity contribution in [1.82, 2.24) is 0 Å². The maximum absolute atomic E-state index is 3.71. The van der Waals surface area contributed by atoms with Gasteiger partial charge in [-0.15, -0.1) is 23.3 Å². The SMILES string of the molecule is CC1=[C-]c2ccccc2C1[Si](c1ccccc1)(c1ccccc1)c1ccccc1.[Cl-].[Cl-].[Cl-].[Ti+4]. The first-order valence-electron chi connectivity index (χ1n) is 10.2. The van der Waals surface area contributed by atoms with E-state index in [0.717, 1.165) is 0 Å². The Morgan fingerprint density at radius 1 is 0.545 bits per heavy atom. The van der Waals surface area contributed by atoms with Gasteiger partial charge in [-0.25, -0.2) is 0 Å². The van der Waals surface area contributed by atoms with Gasteiger partial charge in [0.15, 0.2) is 0 Å². The summed E-state index contributed by atoms with van der Waals surface area (Å²) in [5, 5.41) is 4.33. The summed E-state index contributed by atoms with van der Waals surface area (Å²) in [6.45, 7) is 2.27. The van der Waals surface area contributed by atoms with Crippen molar-refractivity contribution >= 4 is 23.6 Å². The molecule has 5 rings (SSSR count). The van der Waals surface area contributed by atoms with E-state index < -0.39 is 8.07 Å². The number of hydrogen-bond donors (Lipinski definition) is 0. The Labute approximate surface area is 231 Å². The van der Waals surface area contributed by atoms with E-state index in [0.29, 0.717) is 5.54 Å². The zero-order valence-corrected chi connectivity index (χ0v) is 23.0. The minimum atomic E-state index is -2.40. The molecule has 1 aliphatic rings. The Balaban J connectivity index is 0.00000136. The van der Waals surface area contributed by atoms with Crippen molar-refractivity contribution in [2.24, 2.45) is 0 Å².